The fourth-order valence-corrected chi connectivity index (χ4v) is 3.25. The number of ether oxygens (including phenoxy) is 1. The Morgan fingerprint density at radius 2 is 2.08 bits per heavy atom. The number of amides is 1. The van der Waals surface area contributed by atoms with Crippen molar-refractivity contribution < 1.29 is 19.0 Å². The first-order valence-electron chi connectivity index (χ1n) is 8.78. The summed E-state index contributed by atoms with van der Waals surface area (Å²) >= 11 is 0. The second-order valence-corrected chi connectivity index (χ2v) is 6.98. The zero-order valence-electron chi connectivity index (χ0n) is 14.5. The maximum Gasteiger partial charge on any atom is 0.246 e. The van der Waals surface area contributed by atoms with Crippen molar-refractivity contribution in [1.82, 2.24) is 5.32 Å². The Labute approximate surface area is 143 Å². The van der Waals surface area contributed by atoms with Crippen LogP contribution in [0.2, 0.25) is 0 Å². The van der Waals surface area contributed by atoms with Gasteiger partial charge >= 0.3 is 0 Å². The monoisotopic (exact) mass is 337 g/mol. The van der Waals surface area contributed by atoms with E-state index in [0.29, 0.717) is 17.9 Å². The number of rotatable bonds is 7. The second-order valence-electron chi connectivity index (χ2n) is 6.98. The fraction of sp³-hybridized carbons (Fsp3) is 0.632. The summed E-state index contributed by atoms with van der Waals surface area (Å²) in [4.78, 5) is 12.0. The quantitative estimate of drug-likeness (QED) is 0.802. The van der Waals surface area contributed by atoms with Gasteiger partial charge in [-0.2, -0.15) is 0 Å². The third kappa shape index (κ3) is 6.21. The van der Waals surface area contributed by atoms with Gasteiger partial charge in [0.05, 0.1) is 12.2 Å². The van der Waals surface area contributed by atoms with Gasteiger partial charge in [0.15, 0.2) is 0 Å². The van der Waals surface area contributed by atoms with Crippen molar-refractivity contribution in [3.05, 3.63) is 35.6 Å². The Bertz CT molecular complexity index is 520. The van der Waals surface area contributed by atoms with Crippen LogP contribution >= 0.6 is 0 Å². The van der Waals surface area contributed by atoms with Gasteiger partial charge in [0.1, 0.15) is 12.4 Å². The van der Waals surface area contributed by atoms with E-state index in [-0.39, 0.29) is 30.5 Å². The molecule has 1 aromatic rings. The zero-order valence-corrected chi connectivity index (χ0v) is 14.5. The number of benzene rings is 1. The van der Waals surface area contributed by atoms with Crippen LogP contribution in [0.5, 0.6) is 0 Å². The molecule has 1 aliphatic rings. The van der Waals surface area contributed by atoms with Gasteiger partial charge in [-0.05, 0) is 49.8 Å². The summed E-state index contributed by atoms with van der Waals surface area (Å²) in [6.45, 7) is 4.12. The predicted molar refractivity (Wildman–Crippen MR) is 91.0 cm³/mol. The lowest BCUT2D eigenvalue weighted by Gasteiger charge is -2.27. The lowest BCUT2D eigenvalue weighted by atomic mass is 9.89. The van der Waals surface area contributed by atoms with Crippen LogP contribution < -0.4 is 5.32 Å². The standard InChI is InChI=1S/C19H28FNO3/c1-13-4-3-5-17(10-13)24-12-19(23)21-14(2)11-18(22)15-6-8-16(20)9-7-15/h6-9,13-14,17-18,22H,3-5,10-12H2,1-2H3,(H,21,23). The van der Waals surface area contributed by atoms with E-state index in [1.165, 1.54) is 18.6 Å². The maximum absolute atomic E-state index is 12.9. The molecule has 2 N–H and O–H groups in total. The van der Waals surface area contributed by atoms with E-state index in [0.717, 1.165) is 19.3 Å². The number of hydrogen-bond acceptors (Lipinski definition) is 3. The average Bonchev–Trinajstić information content (AvgIpc) is 2.53. The lowest BCUT2D eigenvalue weighted by Crippen LogP contribution is -2.37. The molecule has 134 valence electrons. The molecule has 0 aliphatic heterocycles. The Morgan fingerprint density at radius 1 is 1.38 bits per heavy atom. The van der Waals surface area contributed by atoms with Crippen molar-refractivity contribution in [1.29, 1.82) is 0 Å². The molecule has 4 nitrogen and oxygen atoms in total. The van der Waals surface area contributed by atoms with Crippen molar-refractivity contribution in [2.24, 2.45) is 5.92 Å². The second kappa shape index (κ2) is 9.14. The highest BCUT2D eigenvalue weighted by Crippen LogP contribution is 2.25. The van der Waals surface area contributed by atoms with Crippen LogP contribution in [0.1, 0.15) is 57.6 Å². The summed E-state index contributed by atoms with van der Waals surface area (Å²) in [5.41, 5.74) is 0.643. The number of carbonyl (C=O) groups excluding carboxylic acids is 1. The Hall–Kier alpha value is -1.46. The van der Waals surface area contributed by atoms with Gasteiger partial charge in [-0.3, -0.25) is 4.79 Å². The van der Waals surface area contributed by atoms with Gasteiger partial charge < -0.3 is 15.2 Å². The van der Waals surface area contributed by atoms with Crippen molar-refractivity contribution in [3.63, 3.8) is 0 Å². The molecule has 4 unspecified atom stereocenters. The Kier molecular flexibility index (Phi) is 7.18. The normalized spacial score (nSPS) is 23.5. The SMILES string of the molecule is CC1CCCC(OCC(=O)NC(C)CC(O)c2ccc(F)cc2)C1. The molecule has 1 aliphatic carbocycles. The third-order valence-corrected chi connectivity index (χ3v) is 4.58. The Balaban J connectivity index is 1.70. The van der Waals surface area contributed by atoms with Gasteiger partial charge in [-0.1, -0.05) is 31.9 Å². The summed E-state index contributed by atoms with van der Waals surface area (Å²) in [5, 5.41) is 13.0. The summed E-state index contributed by atoms with van der Waals surface area (Å²) < 4.78 is 18.6. The minimum atomic E-state index is -0.735. The molecule has 0 heterocycles. The molecule has 1 aromatic carbocycles. The smallest absolute Gasteiger partial charge is 0.246 e. The fourth-order valence-electron chi connectivity index (χ4n) is 3.25. The largest absolute Gasteiger partial charge is 0.388 e. The number of halogens is 1. The van der Waals surface area contributed by atoms with Gasteiger partial charge in [0.25, 0.3) is 0 Å². The van der Waals surface area contributed by atoms with E-state index in [4.69, 9.17) is 4.74 Å². The van der Waals surface area contributed by atoms with Crippen LogP contribution in [0.3, 0.4) is 0 Å². The zero-order chi connectivity index (χ0) is 17.5. The van der Waals surface area contributed by atoms with E-state index >= 15 is 0 Å². The Morgan fingerprint density at radius 3 is 2.75 bits per heavy atom. The van der Waals surface area contributed by atoms with Crippen molar-refractivity contribution in [2.45, 2.75) is 64.2 Å². The number of aliphatic hydroxyl groups excluding tert-OH is 1. The van der Waals surface area contributed by atoms with E-state index in [1.54, 1.807) is 12.1 Å². The van der Waals surface area contributed by atoms with Crippen LogP contribution in [-0.2, 0) is 9.53 Å². The van der Waals surface area contributed by atoms with Crippen molar-refractivity contribution in [2.75, 3.05) is 6.61 Å². The molecule has 0 radical (unpaired) electrons. The van der Waals surface area contributed by atoms with Crippen LogP contribution in [-0.4, -0.2) is 29.8 Å². The van der Waals surface area contributed by atoms with E-state index in [1.807, 2.05) is 6.92 Å². The first-order chi connectivity index (χ1) is 11.4. The molecule has 0 bridgehead atoms. The molecule has 0 spiro atoms. The van der Waals surface area contributed by atoms with E-state index in [2.05, 4.69) is 12.2 Å². The van der Waals surface area contributed by atoms with Crippen LogP contribution in [0.15, 0.2) is 24.3 Å². The first kappa shape index (κ1) is 18.9. The molecule has 1 fully saturated rings. The molecule has 24 heavy (non-hydrogen) atoms. The van der Waals surface area contributed by atoms with Crippen LogP contribution in [0.4, 0.5) is 4.39 Å². The van der Waals surface area contributed by atoms with E-state index < -0.39 is 6.10 Å². The molecular formula is C19H28FNO3. The molecule has 1 amide bonds. The predicted octanol–water partition coefficient (Wildman–Crippen LogP) is 3.35. The van der Waals surface area contributed by atoms with Crippen LogP contribution in [0.25, 0.3) is 0 Å². The van der Waals surface area contributed by atoms with Crippen molar-refractivity contribution >= 4 is 5.91 Å². The molecule has 0 saturated heterocycles. The minimum absolute atomic E-state index is 0.0639. The first-order valence-corrected chi connectivity index (χ1v) is 8.78. The molecule has 2 rings (SSSR count). The number of hydrogen-bond donors (Lipinski definition) is 2. The number of carbonyl (C=O) groups is 1. The van der Waals surface area contributed by atoms with Gasteiger partial charge in [0, 0.05) is 6.04 Å². The highest BCUT2D eigenvalue weighted by atomic mass is 19.1. The van der Waals surface area contributed by atoms with Crippen LogP contribution in [0, 0.1) is 11.7 Å². The summed E-state index contributed by atoms with van der Waals surface area (Å²) in [7, 11) is 0. The topological polar surface area (TPSA) is 58.6 Å². The molecular weight excluding hydrogens is 309 g/mol. The number of aliphatic hydroxyl groups is 1. The summed E-state index contributed by atoms with van der Waals surface area (Å²) in [5.74, 6) is 0.171. The maximum atomic E-state index is 12.9. The third-order valence-electron chi connectivity index (χ3n) is 4.58. The lowest BCUT2D eigenvalue weighted by molar-refractivity contribution is -0.129. The number of nitrogens with one attached hydrogen (secondary N) is 1. The highest BCUT2D eigenvalue weighted by Gasteiger charge is 2.21. The van der Waals surface area contributed by atoms with E-state index in [9.17, 15) is 14.3 Å². The van der Waals surface area contributed by atoms with Gasteiger partial charge in [-0.15, -0.1) is 0 Å². The molecule has 4 atom stereocenters. The van der Waals surface area contributed by atoms with Gasteiger partial charge in [-0.25, -0.2) is 4.39 Å². The molecule has 1 saturated carbocycles. The molecule has 5 heteroatoms. The average molecular weight is 337 g/mol. The minimum Gasteiger partial charge on any atom is -0.388 e. The highest BCUT2D eigenvalue weighted by molar-refractivity contribution is 5.77. The molecule has 0 aromatic heterocycles. The summed E-state index contributed by atoms with van der Waals surface area (Å²) in [6.07, 6.45) is 4.26. The van der Waals surface area contributed by atoms with Gasteiger partial charge in [0.2, 0.25) is 5.91 Å². The summed E-state index contributed by atoms with van der Waals surface area (Å²) in [6, 6.07) is 5.57. The van der Waals surface area contributed by atoms with Crippen molar-refractivity contribution in [3.8, 4) is 0 Å².